The fourth-order valence-corrected chi connectivity index (χ4v) is 6.64. The molecule has 0 saturated carbocycles. The molecule has 4 rings (SSSR count). The fourth-order valence-electron chi connectivity index (χ4n) is 3.86. The van der Waals surface area contributed by atoms with Crippen molar-refractivity contribution in [3.63, 3.8) is 0 Å². The molecule has 138 valence electrons. The third-order valence-electron chi connectivity index (χ3n) is 5.20. The average Bonchev–Trinajstić information content (AvgIpc) is 3.36. The van der Waals surface area contributed by atoms with Crippen molar-refractivity contribution in [3.8, 4) is 0 Å². The second kappa shape index (κ2) is 6.62. The molecule has 1 spiro atoms. The zero-order chi connectivity index (χ0) is 17.5. The number of hydrogen-bond donors (Lipinski definition) is 0. The molecule has 3 saturated heterocycles. The van der Waals surface area contributed by atoms with Crippen LogP contribution in [0.25, 0.3) is 0 Å². The first-order valence-corrected chi connectivity index (χ1v) is 11.0. The van der Waals surface area contributed by atoms with Crippen molar-refractivity contribution in [1.82, 2.24) is 9.21 Å². The van der Waals surface area contributed by atoms with Crippen molar-refractivity contribution in [2.24, 2.45) is 0 Å². The maximum atomic E-state index is 13.0. The van der Waals surface area contributed by atoms with Crippen LogP contribution in [0.4, 0.5) is 0 Å². The number of rotatable bonds is 3. The first kappa shape index (κ1) is 17.4. The number of thiophene rings is 1. The highest BCUT2D eigenvalue weighted by atomic mass is 32.2. The van der Waals surface area contributed by atoms with Crippen molar-refractivity contribution >= 4 is 27.3 Å². The number of sulfonamides is 1. The van der Waals surface area contributed by atoms with Crippen LogP contribution in [0, 0.1) is 0 Å². The van der Waals surface area contributed by atoms with Crippen molar-refractivity contribution in [3.05, 3.63) is 17.5 Å². The molecular weight excluding hydrogens is 364 g/mol. The highest BCUT2D eigenvalue weighted by molar-refractivity contribution is 7.91. The van der Waals surface area contributed by atoms with Gasteiger partial charge in [-0.3, -0.25) is 4.79 Å². The molecular formula is C16H22N2O5S2. The fraction of sp³-hybridized carbons (Fsp3) is 0.688. The van der Waals surface area contributed by atoms with E-state index in [1.54, 1.807) is 22.4 Å². The Labute approximate surface area is 151 Å². The molecule has 1 aromatic heterocycles. The molecule has 3 aliphatic rings. The van der Waals surface area contributed by atoms with E-state index in [1.165, 1.54) is 15.6 Å². The highest BCUT2D eigenvalue weighted by Gasteiger charge is 2.45. The lowest BCUT2D eigenvalue weighted by Gasteiger charge is -2.39. The van der Waals surface area contributed by atoms with E-state index in [-0.39, 0.29) is 5.91 Å². The van der Waals surface area contributed by atoms with Crippen LogP contribution in [0.15, 0.2) is 21.7 Å². The van der Waals surface area contributed by atoms with E-state index in [9.17, 15) is 13.2 Å². The lowest BCUT2D eigenvalue weighted by atomic mass is 10.0. The summed E-state index contributed by atoms with van der Waals surface area (Å²) in [6.45, 7) is 2.69. The van der Waals surface area contributed by atoms with Crippen LogP contribution in [0.5, 0.6) is 0 Å². The number of ether oxygens (including phenoxy) is 2. The Morgan fingerprint density at radius 2 is 1.92 bits per heavy atom. The van der Waals surface area contributed by atoms with Crippen molar-refractivity contribution < 1.29 is 22.7 Å². The number of nitrogens with zero attached hydrogens (tertiary/aromatic N) is 2. The van der Waals surface area contributed by atoms with Gasteiger partial charge in [-0.1, -0.05) is 6.07 Å². The number of carbonyl (C=O) groups excluding carboxylic acids is 1. The lowest BCUT2D eigenvalue weighted by Crippen LogP contribution is -2.53. The van der Waals surface area contributed by atoms with Crippen LogP contribution in [-0.2, 0) is 24.3 Å². The van der Waals surface area contributed by atoms with Crippen LogP contribution in [-0.4, -0.2) is 68.2 Å². The minimum Gasteiger partial charge on any atom is -0.347 e. The van der Waals surface area contributed by atoms with Crippen LogP contribution in [0.3, 0.4) is 0 Å². The smallest absolute Gasteiger partial charge is 0.253 e. The molecule has 4 heterocycles. The summed E-state index contributed by atoms with van der Waals surface area (Å²) in [5.41, 5.74) is 0. The van der Waals surface area contributed by atoms with Gasteiger partial charge >= 0.3 is 0 Å². The minimum absolute atomic E-state index is 0.0921. The Morgan fingerprint density at radius 3 is 2.56 bits per heavy atom. The van der Waals surface area contributed by atoms with E-state index in [0.717, 1.165) is 0 Å². The highest BCUT2D eigenvalue weighted by Crippen LogP contribution is 2.34. The van der Waals surface area contributed by atoms with Gasteiger partial charge in [-0.25, -0.2) is 8.42 Å². The predicted octanol–water partition coefficient (Wildman–Crippen LogP) is 1.27. The molecule has 0 radical (unpaired) electrons. The first-order valence-electron chi connectivity index (χ1n) is 8.64. The van der Waals surface area contributed by atoms with Gasteiger partial charge in [0, 0.05) is 32.5 Å². The van der Waals surface area contributed by atoms with Crippen LogP contribution >= 0.6 is 11.3 Å². The van der Waals surface area contributed by atoms with E-state index >= 15 is 0 Å². The molecule has 3 fully saturated rings. The maximum absolute atomic E-state index is 13.0. The number of hydrogen-bond acceptors (Lipinski definition) is 6. The van der Waals surface area contributed by atoms with Gasteiger partial charge in [0.2, 0.25) is 5.91 Å². The van der Waals surface area contributed by atoms with Gasteiger partial charge in [0.1, 0.15) is 10.3 Å². The SMILES string of the molecule is O=C(C1CCCN1S(=O)(=O)c1cccs1)N1CCC2(CC1)OCCO2. The molecule has 3 aliphatic heterocycles. The molecule has 0 N–H and O–H groups in total. The number of amides is 1. The van der Waals surface area contributed by atoms with Crippen LogP contribution in [0.1, 0.15) is 25.7 Å². The van der Waals surface area contributed by atoms with E-state index in [4.69, 9.17) is 9.47 Å². The van der Waals surface area contributed by atoms with Gasteiger partial charge in [0.25, 0.3) is 10.0 Å². The molecule has 0 bridgehead atoms. The topological polar surface area (TPSA) is 76.2 Å². The van der Waals surface area contributed by atoms with Crippen molar-refractivity contribution in [1.29, 1.82) is 0 Å². The molecule has 25 heavy (non-hydrogen) atoms. The molecule has 1 atom stereocenters. The van der Waals surface area contributed by atoms with E-state index in [0.29, 0.717) is 62.7 Å². The largest absolute Gasteiger partial charge is 0.347 e. The quantitative estimate of drug-likeness (QED) is 0.782. The lowest BCUT2D eigenvalue weighted by molar-refractivity contribution is -0.188. The molecule has 7 nitrogen and oxygen atoms in total. The summed E-state index contributed by atoms with van der Waals surface area (Å²) in [7, 11) is -3.60. The second-order valence-corrected chi connectivity index (χ2v) is 9.70. The zero-order valence-corrected chi connectivity index (χ0v) is 15.6. The Bertz CT molecular complexity index is 718. The number of likely N-dealkylation sites (tertiary alicyclic amines) is 1. The summed E-state index contributed by atoms with van der Waals surface area (Å²) < 4.78 is 38.7. The first-order chi connectivity index (χ1) is 12.0. The molecule has 0 aromatic carbocycles. The number of piperidine rings is 1. The predicted molar refractivity (Wildman–Crippen MR) is 91.7 cm³/mol. The van der Waals surface area contributed by atoms with E-state index in [2.05, 4.69) is 0 Å². The van der Waals surface area contributed by atoms with E-state index in [1.807, 2.05) is 0 Å². The van der Waals surface area contributed by atoms with Gasteiger partial charge in [-0.05, 0) is 24.3 Å². The molecule has 1 amide bonds. The van der Waals surface area contributed by atoms with Gasteiger partial charge in [0.05, 0.1) is 13.2 Å². The summed E-state index contributed by atoms with van der Waals surface area (Å²) in [5.74, 6) is -0.625. The van der Waals surface area contributed by atoms with Gasteiger partial charge < -0.3 is 14.4 Å². The third-order valence-corrected chi connectivity index (χ3v) is 8.48. The Morgan fingerprint density at radius 1 is 1.20 bits per heavy atom. The minimum atomic E-state index is -3.60. The van der Waals surface area contributed by atoms with Gasteiger partial charge in [0.15, 0.2) is 5.79 Å². The summed E-state index contributed by atoms with van der Waals surface area (Å²) in [6, 6.07) is 2.72. The third kappa shape index (κ3) is 3.12. The maximum Gasteiger partial charge on any atom is 0.253 e. The summed E-state index contributed by atoms with van der Waals surface area (Å²) >= 11 is 1.19. The Kier molecular flexibility index (Phi) is 4.61. The van der Waals surface area contributed by atoms with Gasteiger partial charge in [-0.2, -0.15) is 4.31 Å². The van der Waals surface area contributed by atoms with Crippen molar-refractivity contribution in [2.45, 2.75) is 41.7 Å². The standard InChI is InChI=1S/C16H22N2O5S2/c19-15(17-8-5-16(6-9-17)22-10-11-23-16)13-3-1-7-18(13)25(20,21)14-4-2-12-24-14/h2,4,12-13H,1,3,5-11H2. The molecule has 1 unspecified atom stereocenters. The summed E-state index contributed by atoms with van der Waals surface area (Å²) in [6.07, 6.45) is 2.58. The summed E-state index contributed by atoms with van der Waals surface area (Å²) in [4.78, 5) is 14.7. The summed E-state index contributed by atoms with van der Waals surface area (Å²) in [5, 5.41) is 1.74. The van der Waals surface area contributed by atoms with Crippen LogP contribution in [0.2, 0.25) is 0 Å². The van der Waals surface area contributed by atoms with Gasteiger partial charge in [-0.15, -0.1) is 11.3 Å². The normalized spacial score (nSPS) is 27.2. The Hall–Kier alpha value is -1.00. The Balaban J connectivity index is 1.46. The number of carbonyl (C=O) groups is 1. The molecule has 1 aromatic rings. The molecule has 0 aliphatic carbocycles. The molecule has 9 heteroatoms. The average molecular weight is 386 g/mol. The van der Waals surface area contributed by atoms with Crippen molar-refractivity contribution in [2.75, 3.05) is 32.8 Å². The van der Waals surface area contributed by atoms with Crippen LogP contribution < -0.4 is 0 Å². The monoisotopic (exact) mass is 386 g/mol. The van der Waals surface area contributed by atoms with E-state index < -0.39 is 21.9 Å². The zero-order valence-electron chi connectivity index (χ0n) is 13.9. The second-order valence-electron chi connectivity index (χ2n) is 6.64.